The first kappa shape index (κ1) is 20.7. The molecule has 166 valence electrons. The lowest BCUT2D eigenvalue weighted by molar-refractivity contribution is -0.135. The van der Waals surface area contributed by atoms with Gasteiger partial charge in [-0.25, -0.2) is 4.90 Å². The monoisotopic (exact) mass is 431 g/mol. The molecule has 0 aliphatic carbocycles. The van der Waals surface area contributed by atoms with Gasteiger partial charge in [-0.2, -0.15) is 0 Å². The Morgan fingerprint density at radius 2 is 1.31 bits per heavy atom. The Hall–Kier alpha value is -3.15. The van der Waals surface area contributed by atoms with Crippen LogP contribution in [-0.4, -0.2) is 48.8 Å². The lowest BCUT2D eigenvalue weighted by Gasteiger charge is -2.36. The van der Waals surface area contributed by atoms with E-state index in [1.807, 2.05) is 24.3 Å². The standard InChI is InChI=1S/C26H29N3O3/c30-24(27-15-5-1-2-6-16-27)19-8-7-17-28(18-19)20-11-13-21(14-12-20)29-25(31)22-9-3-4-10-23(22)26(29)32/h3-4,9-14,19H,1-2,5-8,15-18H2. The number of benzene rings is 2. The molecule has 6 heteroatoms. The first-order chi connectivity index (χ1) is 15.6. The largest absolute Gasteiger partial charge is 0.371 e. The molecule has 0 spiro atoms. The minimum atomic E-state index is -0.278. The van der Waals surface area contributed by atoms with Crippen LogP contribution in [0.5, 0.6) is 0 Å². The fraction of sp³-hybridized carbons (Fsp3) is 0.423. The maximum absolute atomic E-state index is 13.1. The van der Waals surface area contributed by atoms with Gasteiger partial charge in [0.2, 0.25) is 5.91 Å². The molecule has 32 heavy (non-hydrogen) atoms. The fourth-order valence-corrected chi connectivity index (χ4v) is 5.20. The van der Waals surface area contributed by atoms with Gasteiger partial charge in [-0.05, 0) is 62.1 Å². The predicted molar refractivity (Wildman–Crippen MR) is 124 cm³/mol. The second kappa shape index (κ2) is 8.77. The molecule has 1 atom stereocenters. The zero-order valence-corrected chi connectivity index (χ0v) is 18.3. The molecule has 6 nitrogen and oxygen atoms in total. The van der Waals surface area contributed by atoms with Gasteiger partial charge in [0.05, 0.1) is 22.7 Å². The third-order valence-corrected chi connectivity index (χ3v) is 6.96. The highest BCUT2D eigenvalue weighted by molar-refractivity contribution is 6.34. The molecule has 2 saturated heterocycles. The minimum Gasteiger partial charge on any atom is -0.371 e. The Morgan fingerprint density at radius 1 is 0.719 bits per heavy atom. The van der Waals surface area contributed by atoms with Gasteiger partial charge in [0.1, 0.15) is 0 Å². The van der Waals surface area contributed by atoms with Crippen molar-refractivity contribution in [2.45, 2.75) is 38.5 Å². The van der Waals surface area contributed by atoms with Crippen molar-refractivity contribution in [1.82, 2.24) is 4.90 Å². The van der Waals surface area contributed by atoms with Crippen molar-refractivity contribution in [2.24, 2.45) is 5.92 Å². The van der Waals surface area contributed by atoms with E-state index in [0.29, 0.717) is 22.7 Å². The van der Waals surface area contributed by atoms with Crippen molar-refractivity contribution >= 4 is 29.1 Å². The lowest BCUT2D eigenvalue weighted by Crippen LogP contribution is -2.45. The topological polar surface area (TPSA) is 60.9 Å². The van der Waals surface area contributed by atoms with Gasteiger partial charge in [0.15, 0.2) is 0 Å². The minimum absolute atomic E-state index is 0.0396. The van der Waals surface area contributed by atoms with E-state index in [0.717, 1.165) is 57.5 Å². The first-order valence-electron chi connectivity index (χ1n) is 11.7. The van der Waals surface area contributed by atoms with Gasteiger partial charge in [0.25, 0.3) is 11.8 Å². The molecule has 0 N–H and O–H groups in total. The van der Waals surface area contributed by atoms with E-state index >= 15 is 0 Å². The number of likely N-dealkylation sites (tertiary alicyclic amines) is 1. The van der Waals surface area contributed by atoms with Crippen molar-refractivity contribution in [3.63, 3.8) is 0 Å². The van der Waals surface area contributed by atoms with Gasteiger partial charge >= 0.3 is 0 Å². The van der Waals surface area contributed by atoms with E-state index < -0.39 is 0 Å². The molecular formula is C26H29N3O3. The van der Waals surface area contributed by atoms with Crippen LogP contribution in [0.1, 0.15) is 59.2 Å². The number of rotatable bonds is 3. The molecule has 5 rings (SSSR count). The maximum Gasteiger partial charge on any atom is 0.266 e. The zero-order valence-electron chi connectivity index (χ0n) is 18.3. The van der Waals surface area contributed by atoms with Crippen molar-refractivity contribution < 1.29 is 14.4 Å². The predicted octanol–water partition coefficient (Wildman–Crippen LogP) is 4.11. The number of anilines is 2. The molecule has 3 aliphatic rings. The summed E-state index contributed by atoms with van der Waals surface area (Å²) in [5.41, 5.74) is 2.51. The number of amides is 3. The van der Waals surface area contributed by atoms with Crippen LogP contribution in [0.15, 0.2) is 48.5 Å². The van der Waals surface area contributed by atoms with Crippen LogP contribution in [0.25, 0.3) is 0 Å². The third-order valence-electron chi connectivity index (χ3n) is 6.96. The second-order valence-corrected chi connectivity index (χ2v) is 9.03. The van der Waals surface area contributed by atoms with Crippen LogP contribution in [-0.2, 0) is 4.79 Å². The van der Waals surface area contributed by atoms with Crippen LogP contribution in [0.4, 0.5) is 11.4 Å². The summed E-state index contributed by atoms with van der Waals surface area (Å²) in [5.74, 6) is -0.212. The highest BCUT2D eigenvalue weighted by Crippen LogP contribution is 2.31. The lowest BCUT2D eigenvalue weighted by atomic mass is 9.95. The molecule has 1 unspecified atom stereocenters. The SMILES string of the molecule is O=C(C1CCCN(c2ccc(N3C(=O)c4ccccc4C3=O)cc2)C1)N1CCCCCC1. The van der Waals surface area contributed by atoms with Gasteiger partial charge in [0, 0.05) is 31.9 Å². The molecule has 0 aromatic heterocycles. The van der Waals surface area contributed by atoms with Crippen molar-refractivity contribution in [1.29, 1.82) is 0 Å². The molecule has 0 bridgehead atoms. The normalized spacial score (nSPS) is 21.5. The number of hydrogen-bond acceptors (Lipinski definition) is 4. The van der Waals surface area contributed by atoms with Gasteiger partial charge in [-0.1, -0.05) is 25.0 Å². The summed E-state index contributed by atoms with van der Waals surface area (Å²) < 4.78 is 0. The Labute approximate surface area is 188 Å². The molecule has 0 saturated carbocycles. The summed E-state index contributed by atoms with van der Waals surface area (Å²) in [6.07, 6.45) is 6.60. The average molecular weight is 432 g/mol. The summed E-state index contributed by atoms with van der Waals surface area (Å²) in [4.78, 5) is 44.2. The number of carbonyl (C=O) groups is 3. The molecule has 2 aromatic carbocycles. The van der Waals surface area contributed by atoms with Crippen LogP contribution in [0, 0.1) is 5.92 Å². The van der Waals surface area contributed by atoms with Crippen LogP contribution >= 0.6 is 0 Å². The molecule has 2 fully saturated rings. The third kappa shape index (κ3) is 3.78. The second-order valence-electron chi connectivity index (χ2n) is 9.03. The quantitative estimate of drug-likeness (QED) is 0.687. The van der Waals surface area contributed by atoms with E-state index in [1.54, 1.807) is 24.3 Å². The fourth-order valence-electron chi connectivity index (χ4n) is 5.20. The molecule has 3 amide bonds. The van der Waals surface area contributed by atoms with Crippen molar-refractivity contribution in [3.8, 4) is 0 Å². The highest BCUT2D eigenvalue weighted by Gasteiger charge is 2.36. The summed E-state index contributed by atoms with van der Waals surface area (Å²) in [7, 11) is 0. The van der Waals surface area contributed by atoms with Gasteiger partial charge in [-0.3, -0.25) is 14.4 Å². The average Bonchev–Trinajstić information content (AvgIpc) is 3.01. The number of fused-ring (bicyclic) bond motifs is 1. The van der Waals surface area contributed by atoms with E-state index in [9.17, 15) is 14.4 Å². The number of hydrogen-bond donors (Lipinski definition) is 0. The maximum atomic E-state index is 13.1. The van der Waals surface area contributed by atoms with Crippen LogP contribution in [0.2, 0.25) is 0 Å². The Balaban J connectivity index is 1.28. The molecule has 2 aromatic rings. The van der Waals surface area contributed by atoms with Gasteiger partial charge in [-0.15, -0.1) is 0 Å². The Morgan fingerprint density at radius 3 is 1.94 bits per heavy atom. The van der Waals surface area contributed by atoms with E-state index in [4.69, 9.17) is 0 Å². The number of carbonyl (C=O) groups excluding carboxylic acids is 3. The summed E-state index contributed by atoms with van der Waals surface area (Å²) in [5, 5.41) is 0. The smallest absolute Gasteiger partial charge is 0.266 e. The van der Waals surface area contributed by atoms with Crippen molar-refractivity contribution in [2.75, 3.05) is 36.0 Å². The molecule has 3 aliphatic heterocycles. The summed E-state index contributed by atoms with van der Waals surface area (Å²) in [6.45, 7) is 3.42. The number of nitrogens with zero attached hydrogens (tertiary/aromatic N) is 3. The Kier molecular flexibility index (Phi) is 5.68. The van der Waals surface area contributed by atoms with E-state index in [-0.39, 0.29) is 17.7 Å². The Bertz CT molecular complexity index is 990. The summed E-state index contributed by atoms with van der Waals surface area (Å²) in [6, 6.07) is 14.5. The van der Waals surface area contributed by atoms with Crippen LogP contribution in [0.3, 0.4) is 0 Å². The van der Waals surface area contributed by atoms with Crippen molar-refractivity contribution in [3.05, 3.63) is 59.7 Å². The van der Waals surface area contributed by atoms with E-state index in [1.165, 1.54) is 17.7 Å². The number of piperidine rings is 1. The molecule has 3 heterocycles. The van der Waals surface area contributed by atoms with Gasteiger partial charge < -0.3 is 9.80 Å². The molecule has 0 radical (unpaired) electrons. The van der Waals surface area contributed by atoms with Crippen LogP contribution < -0.4 is 9.80 Å². The number of imide groups is 1. The zero-order chi connectivity index (χ0) is 22.1. The molecular weight excluding hydrogens is 402 g/mol. The highest BCUT2D eigenvalue weighted by atomic mass is 16.2. The first-order valence-corrected chi connectivity index (χ1v) is 11.7. The summed E-state index contributed by atoms with van der Waals surface area (Å²) >= 11 is 0. The van der Waals surface area contributed by atoms with E-state index in [2.05, 4.69) is 9.80 Å².